The van der Waals surface area contributed by atoms with Crippen molar-refractivity contribution >= 4 is 5.95 Å². The molecule has 1 saturated carbocycles. The van der Waals surface area contributed by atoms with Crippen LogP contribution in [0.4, 0.5) is 10.3 Å². The van der Waals surface area contributed by atoms with Crippen LogP contribution in [0.15, 0.2) is 36.7 Å². The summed E-state index contributed by atoms with van der Waals surface area (Å²) in [7, 11) is 1.46. The largest absolute Gasteiger partial charge is 0.507 e. The minimum atomic E-state index is -0.505. The predicted octanol–water partition coefficient (Wildman–Crippen LogP) is 3.03. The Morgan fingerprint density at radius 1 is 1.12 bits per heavy atom. The highest BCUT2D eigenvalue weighted by Crippen LogP contribution is 2.34. The zero-order valence-electron chi connectivity index (χ0n) is 14.0. The average Bonchev–Trinajstić information content (AvgIpc) is 3.47. The van der Waals surface area contributed by atoms with Crippen molar-refractivity contribution in [3.63, 3.8) is 0 Å². The number of phenolic OH excluding ortho intramolecular Hbond substituents is 1. The van der Waals surface area contributed by atoms with Gasteiger partial charge in [-0.3, -0.25) is 0 Å². The first kappa shape index (κ1) is 16.2. The normalized spacial score (nSPS) is 13.5. The molecule has 0 amide bonds. The summed E-state index contributed by atoms with van der Waals surface area (Å²) in [6.45, 7) is 0. The molecule has 8 heteroatoms. The van der Waals surface area contributed by atoms with Crippen LogP contribution < -0.4 is 10.1 Å². The third kappa shape index (κ3) is 3.26. The summed E-state index contributed by atoms with van der Waals surface area (Å²) in [6, 6.07) is 6.71. The standard InChI is InChI=1S/C18H16FN5O2/c1-26-17-7-13(14(19)8-20-17)10-2-5-12(16(25)6-10)15-9-21-18(24-23-15)22-11-3-4-11/h2,5-9,11,25H,3-4H2,1H3,(H,21,22,24). The number of phenols is 1. The molecule has 1 aromatic carbocycles. The summed E-state index contributed by atoms with van der Waals surface area (Å²) in [5.74, 6) is 0.212. The van der Waals surface area contributed by atoms with Gasteiger partial charge in [0.1, 0.15) is 17.3 Å². The number of aromatic hydroxyl groups is 1. The molecule has 4 rings (SSSR count). The highest BCUT2D eigenvalue weighted by atomic mass is 19.1. The van der Waals surface area contributed by atoms with Crippen molar-refractivity contribution in [2.24, 2.45) is 0 Å². The van der Waals surface area contributed by atoms with Gasteiger partial charge in [0.15, 0.2) is 0 Å². The van der Waals surface area contributed by atoms with E-state index in [4.69, 9.17) is 4.74 Å². The van der Waals surface area contributed by atoms with E-state index < -0.39 is 5.82 Å². The van der Waals surface area contributed by atoms with E-state index in [1.165, 1.54) is 19.2 Å². The summed E-state index contributed by atoms with van der Waals surface area (Å²) >= 11 is 0. The molecule has 0 saturated heterocycles. The van der Waals surface area contributed by atoms with E-state index >= 15 is 0 Å². The van der Waals surface area contributed by atoms with E-state index in [0.29, 0.717) is 34.7 Å². The first-order chi connectivity index (χ1) is 12.6. The molecule has 0 atom stereocenters. The first-order valence-corrected chi connectivity index (χ1v) is 8.13. The van der Waals surface area contributed by atoms with Gasteiger partial charge in [-0.05, 0) is 30.5 Å². The molecule has 1 fully saturated rings. The molecular formula is C18H16FN5O2. The van der Waals surface area contributed by atoms with Crippen molar-refractivity contribution in [2.75, 3.05) is 12.4 Å². The minimum absolute atomic E-state index is 0.0447. The molecule has 7 nitrogen and oxygen atoms in total. The van der Waals surface area contributed by atoms with Gasteiger partial charge in [0.25, 0.3) is 0 Å². The van der Waals surface area contributed by atoms with Gasteiger partial charge in [-0.15, -0.1) is 10.2 Å². The van der Waals surface area contributed by atoms with Gasteiger partial charge in [-0.1, -0.05) is 6.07 Å². The Bertz CT molecular complexity index is 945. The summed E-state index contributed by atoms with van der Waals surface area (Å²) in [5, 5.41) is 21.6. The molecule has 0 bridgehead atoms. The fourth-order valence-corrected chi connectivity index (χ4v) is 2.54. The van der Waals surface area contributed by atoms with Crippen molar-refractivity contribution in [3.8, 4) is 34.0 Å². The Morgan fingerprint density at radius 2 is 1.96 bits per heavy atom. The maximum atomic E-state index is 14.1. The summed E-state index contributed by atoms with van der Waals surface area (Å²) < 4.78 is 19.1. The van der Waals surface area contributed by atoms with Crippen LogP contribution >= 0.6 is 0 Å². The zero-order chi connectivity index (χ0) is 18.1. The lowest BCUT2D eigenvalue weighted by Crippen LogP contribution is -2.06. The van der Waals surface area contributed by atoms with Crippen molar-refractivity contribution in [2.45, 2.75) is 18.9 Å². The molecule has 1 aliphatic carbocycles. The third-order valence-electron chi connectivity index (χ3n) is 4.10. The Labute approximate surface area is 148 Å². The first-order valence-electron chi connectivity index (χ1n) is 8.13. The second-order valence-corrected chi connectivity index (χ2v) is 6.02. The van der Waals surface area contributed by atoms with Gasteiger partial charge >= 0.3 is 0 Å². The molecule has 3 aromatic rings. The van der Waals surface area contributed by atoms with Gasteiger partial charge in [0.2, 0.25) is 11.8 Å². The molecule has 0 aliphatic heterocycles. The molecule has 0 spiro atoms. The van der Waals surface area contributed by atoms with Crippen molar-refractivity contribution < 1.29 is 14.2 Å². The smallest absolute Gasteiger partial charge is 0.242 e. The van der Waals surface area contributed by atoms with E-state index in [-0.39, 0.29) is 11.3 Å². The van der Waals surface area contributed by atoms with Gasteiger partial charge in [-0.25, -0.2) is 14.4 Å². The lowest BCUT2D eigenvalue weighted by Gasteiger charge is -2.09. The van der Waals surface area contributed by atoms with E-state index in [9.17, 15) is 9.50 Å². The lowest BCUT2D eigenvalue weighted by molar-refractivity contribution is 0.396. The maximum absolute atomic E-state index is 14.1. The van der Waals surface area contributed by atoms with Crippen LogP contribution in [0.2, 0.25) is 0 Å². The number of hydrogen-bond acceptors (Lipinski definition) is 7. The number of pyridine rings is 1. The van der Waals surface area contributed by atoms with E-state index in [2.05, 4.69) is 25.5 Å². The highest BCUT2D eigenvalue weighted by molar-refractivity contribution is 5.74. The number of anilines is 1. The second-order valence-electron chi connectivity index (χ2n) is 6.02. The van der Waals surface area contributed by atoms with E-state index in [1.807, 2.05) is 0 Å². The minimum Gasteiger partial charge on any atom is -0.507 e. The number of aromatic nitrogens is 4. The van der Waals surface area contributed by atoms with Crippen LogP contribution in [-0.2, 0) is 0 Å². The molecule has 26 heavy (non-hydrogen) atoms. The van der Waals surface area contributed by atoms with E-state index in [1.54, 1.807) is 18.3 Å². The number of rotatable bonds is 5. The number of halogens is 1. The van der Waals surface area contributed by atoms with Crippen LogP contribution in [-0.4, -0.2) is 38.4 Å². The molecule has 2 heterocycles. The second kappa shape index (κ2) is 6.55. The highest BCUT2D eigenvalue weighted by Gasteiger charge is 2.22. The molecule has 132 valence electrons. The predicted molar refractivity (Wildman–Crippen MR) is 93.3 cm³/mol. The number of benzene rings is 1. The van der Waals surface area contributed by atoms with Crippen LogP contribution in [0, 0.1) is 5.82 Å². The van der Waals surface area contributed by atoms with E-state index in [0.717, 1.165) is 19.0 Å². The van der Waals surface area contributed by atoms with Crippen molar-refractivity contribution in [1.82, 2.24) is 20.2 Å². The van der Waals surface area contributed by atoms with Gasteiger partial charge in [-0.2, -0.15) is 0 Å². The fourth-order valence-electron chi connectivity index (χ4n) is 2.54. The Balaban J connectivity index is 1.63. The maximum Gasteiger partial charge on any atom is 0.242 e. The summed E-state index contributed by atoms with van der Waals surface area (Å²) in [6.07, 6.45) is 4.86. The average molecular weight is 353 g/mol. The summed E-state index contributed by atoms with van der Waals surface area (Å²) in [4.78, 5) is 8.02. The van der Waals surface area contributed by atoms with Crippen molar-refractivity contribution in [1.29, 1.82) is 0 Å². The van der Waals surface area contributed by atoms with Gasteiger partial charge < -0.3 is 15.2 Å². The van der Waals surface area contributed by atoms with Crippen molar-refractivity contribution in [3.05, 3.63) is 42.5 Å². The molecule has 0 radical (unpaired) electrons. The number of methoxy groups -OCH3 is 1. The molecule has 1 aliphatic rings. The monoisotopic (exact) mass is 353 g/mol. The number of hydrogen-bond donors (Lipinski definition) is 2. The SMILES string of the molecule is COc1cc(-c2ccc(-c3cnc(NC4CC4)nn3)c(O)c2)c(F)cn1. The number of ether oxygens (including phenoxy) is 1. The van der Waals surface area contributed by atoms with Crippen LogP contribution in [0.1, 0.15) is 12.8 Å². The third-order valence-corrected chi connectivity index (χ3v) is 4.10. The van der Waals surface area contributed by atoms with Gasteiger partial charge in [0.05, 0.1) is 19.5 Å². The molecule has 2 aromatic heterocycles. The molecular weight excluding hydrogens is 337 g/mol. The Hall–Kier alpha value is -3.29. The lowest BCUT2D eigenvalue weighted by atomic mass is 10.0. The quantitative estimate of drug-likeness (QED) is 0.728. The fraction of sp³-hybridized carbons (Fsp3) is 0.222. The Morgan fingerprint density at radius 3 is 2.62 bits per heavy atom. The number of nitrogens with one attached hydrogen (secondary N) is 1. The molecule has 0 unspecified atom stereocenters. The Kier molecular flexibility index (Phi) is 4.08. The van der Waals surface area contributed by atoms with Crippen LogP contribution in [0.3, 0.4) is 0 Å². The number of nitrogens with zero attached hydrogens (tertiary/aromatic N) is 4. The zero-order valence-corrected chi connectivity index (χ0v) is 14.0. The van der Waals surface area contributed by atoms with Crippen LogP contribution in [0.25, 0.3) is 22.4 Å². The topological polar surface area (TPSA) is 93.0 Å². The summed E-state index contributed by atoms with van der Waals surface area (Å²) in [5.41, 5.74) is 1.68. The van der Waals surface area contributed by atoms with Crippen LogP contribution in [0.5, 0.6) is 11.6 Å². The molecule has 2 N–H and O–H groups in total. The van der Waals surface area contributed by atoms with Gasteiger partial charge in [0, 0.05) is 23.2 Å².